The molecule has 6 heterocycles. The molecule has 16 aromatic rings. The largest absolute Gasteiger partial charge is 0.463 e. The Morgan fingerprint density at radius 1 is 0.366 bits per heavy atom. The van der Waals surface area contributed by atoms with Gasteiger partial charge in [0.2, 0.25) is 19.2 Å². The molecule has 17 rings (SSSR count). The predicted octanol–water partition coefficient (Wildman–Crippen LogP) is 24.7. The summed E-state index contributed by atoms with van der Waals surface area (Å²) < 4.78 is 42.5. The number of hydrogen-bond donors (Lipinski definition) is 3. The van der Waals surface area contributed by atoms with E-state index in [4.69, 9.17) is 78.5 Å². The maximum atomic E-state index is 13.2. The minimum atomic E-state index is -3.19. The molecular formula is C109H105N12O12P3S6. The number of ether oxygens (including phenoxy) is 3. The summed E-state index contributed by atoms with van der Waals surface area (Å²) >= 11 is 23.8. The van der Waals surface area contributed by atoms with E-state index in [1.165, 1.54) is 35.3 Å². The molecule has 142 heavy (non-hydrogen) atoms. The number of nitrogens with zero attached hydrogens (tertiary/aromatic N) is 9. The van der Waals surface area contributed by atoms with Crippen molar-refractivity contribution in [1.29, 1.82) is 0 Å². The summed E-state index contributed by atoms with van der Waals surface area (Å²) in [5, 5.41) is 27.9. The number of carbonyl (C=O) groups excluding carboxylic acids is 6. The highest BCUT2D eigenvalue weighted by Crippen LogP contribution is 2.57. The Morgan fingerprint density at radius 3 is 1.04 bits per heavy atom. The Hall–Kier alpha value is -13.2. The van der Waals surface area contributed by atoms with Crippen molar-refractivity contribution < 1.29 is 56.5 Å². The number of pyridine rings is 3. The molecule has 724 valence electrons. The molecule has 0 radical (unpaired) electrons. The first-order chi connectivity index (χ1) is 68.6. The van der Waals surface area contributed by atoms with Crippen molar-refractivity contribution in [3.05, 3.63) is 355 Å². The molecule has 24 nitrogen and oxygen atoms in total. The highest BCUT2D eigenvalue weighted by Gasteiger charge is 2.38. The normalized spacial score (nSPS) is 13.9. The third-order valence-electron chi connectivity index (χ3n) is 22.1. The zero-order valence-corrected chi connectivity index (χ0v) is 87.1. The van der Waals surface area contributed by atoms with E-state index < -0.39 is 37.0 Å². The summed E-state index contributed by atoms with van der Waals surface area (Å²) in [5.74, 6) is -1.23. The lowest BCUT2D eigenvalue weighted by molar-refractivity contribution is -0.151. The Morgan fingerprint density at radius 2 is 0.690 bits per heavy atom. The van der Waals surface area contributed by atoms with E-state index in [0.29, 0.717) is 51.0 Å². The second-order valence-electron chi connectivity index (χ2n) is 33.8. The number of para-hydroxylation sites is 2. The molecule has 33 heteroatoms. The van der Waals surface area contributed by atoms with Crippen LogP contribution in [0.4, 0.5) is 0 Å². The molecule has 6 aromatic heterocycles. The molecule has 3 N–H and O–H groups in total. The number of fused-ring (bicyclic) bond motifs is 4. The summed E-state index contributed by atoms with van der Waals surface area (Å²) in [7, 11) is 4.86. The molecule has 1 fully saturated rings. The lowest BCUT2D eigenvalue weighted by atomic mass is 10.1. The quantitative estimate of drug-likeness (QED) is 0.0187. The Balaban J connectivity index is 0.000000161. The highest BCUT2D eigenvalue weighted by atomic mass is 32.5. The van der Waals surface area contributed by atoms with Crippen LogP contribution in [-0.4, -0.2) is 137 Å². The van der Waals surface area contributed by atoms with Gasteiger partial charge in [-0.25, -0.2) is 13.4 Å². The van der Waals surface area contributed by atoms with E-state index in [0.717, 1.165) is 103 Å². The number of benzene rings is 10. The van der Waals surface area contributed by atoms with Crippen LogP contribution in [0.5, 0.6) is 17.2 Å². The van der Waals surface area contributed by atoms with Gasteiger partial charge >= 0.3 is 17.9 Å². The van der Waals surface area contributed by atoms with Crippen LogP contribution in [0, 0.1) is 17.8 Å². The van der Waals surface area contributed by atoms with Crippen molar-refractivity contribution in [2.75, 3.05) is 39.6 Å². The predicted molar refractivity (Wildman–Crippen MR) is 582 cm³/mol. The lowest BCUT2D eigenvalue weighted by Crippen LogP contribution is -2.24. The Kier molecular flexibility index (Phi) is 34.9. The van der Waals surface area contributed by atoms with Crippen LogP contribution in [0.25, 0.3) is 79.9 Å². The summed E-state index contributed by atoms with van der Waals surface area (Å²) in [4.78, 5) is 95.6. The molecule has 0 spiro atoms. The fraction of sp³-hybridized carbons (Fsp3) is 0.193. The molecule has 1 aliphatic carbocycles. The van der Waals surface area contributed by atoms with Crippen LogP contribution in [0.3, 0.4) is 0 Å². The maximum absolute atomic E-state index is 13.2. The van der Waals surface area contributed by atoms with Crippen LogP contribution in [0.15, 0.2) is 333 Å². The standard InChI is InChI=1S/C39H37N4O4PS2.C35H33N4O4PS2.C35H35N4O4PS2/c1-26(2)46-39(45)27(3)25-48(49,47-36-17-11-13-28-12-5-6-15-31(28)36)43-35-24-30(50-37-18-8-7-16-33(37)38(44)40-4)20-21-32(35)34(42-43)22-19-29-14-9-10-23-41-29;1-24(35(41)42-26-16-17-26)23-44(45,43-27-11-4-3-5-12-27)39-32-22-28(46-33-14-7-6-13-30(33)34(40)36-2)18-19-29(32)31(38-39)20-15-25-10-8-9-21-37-25;1-24(2)42-35(41)25(3)23-44(45,43-27-13-6-5-7-14-27)39-32-22-28(46-33-16-9-8-15-30(33)34(40)36-4)18-19-29(32)31(38-39)20-17-26-12-10-11-21-37-26/h5-24,26-27H,25H2,1-4H3,(H,40,44);3-15,18-22,24,26H,16-17,23H2,1-2H3,(H,36,40);5-22,24-25H,23H2,1-4H3,(H,36,40)/b22-19+;20-15+;20-17+/t27-,48?;24-,44?;25-,44?/m111/s1. The third kappa shape index (κ3) is 26.4. The second kappa shape index (κ2) is 48.0. The molecular weight excluding hydrogens is 1950 g/mol. The first-order valence-corrected chi connectivity index (χ1v) is 57.1. The van der Waals surface area contributed by atoms with Gasteiger partial charge in [-0.3, -0.25) is 43.7 Å². The molecule has 6 atom stereocenters. The minimum Gasteiger partial charge on any atom is -0.463 e. The van der Waals surface area contributed by atoms with E-state index in [-0.39, 0.29) is 72.4 Å². The molecule has 1 aliphatic rings. The SMILES string of the molecule is CNC(=O)c1ccccc1Sc1ccc2c(/C=C/c3ccccn3)nn(P(=S)(C[C@@H](C)C(=O)OC(C)C)Oc3cccc4ccccc34)c2c1.CNC(=O)c1ccccc1Sc1ccc2c(/C=C/c3ccccn3)nn(P(=S)(C[C@@H](C)C(=O)OC(C)C)Oc3ccccc3)c2c1.CNC(=O)c1ccccc1Sc1ccc2c(/C=C/c3ccccn3)nn(P(=S)(C[C@@H](C)C(=O)OC3CC3)Oc3ccccc3)c2c1. The zero-order valence-electron chi connectivity index (χ0n) is 79.5. The van der Waals surface area contributed by atoms with Gasteiger partial charge in [-0.05, 0) is 276 Å². The van der Waals surface area contributed by atoms with E-state index in [9.17, 15) is 28.8 Å². The van der Waals surface area contributed by atoms with Gasteiger partial charge in [-0.15, -0.1) is 0 Å². The van der Waals surface area contributed by atoms with Gasteiger partial charge in [0, 0.05) is 109 Å². The average Bonchev–Trinajstić information content (AvgIpc) is 1.60. The fourth-order valence-corrected chi connectivity index (χ4v) is 28.9. The molecule has 0 bridgehead atoms. The van der Waals surface area contributed by atoms with E-state index >= 15 is 0 Å². The van der Waals surface area contributed by atoms with Crippen molar-refractivity contribution in [1.82, 2.24) is 59.6 Å². The van der Waals surface area contributed by atoms with Crippen LogP contribution in [0.2, 0.25) is 0 Å². The first-order valence-electron chi connectivity index (χ1n) is 46.0. The fourth-order valence-electron chi connectivity index (χ4n) is 15.1. The van der Waals surface area contributed by atoms with E-state index in [2.05, 4.69) is 30.9 Å². The van der Waals surface area contributed by atoms with Crippen molar-refractivity contribution in [3.63, 3.8) is 0 Å². The van der Waals surface area contributed by atoms with Gasteiger partial charge in [0.15, 0.2) is 0 Å². The van der Waals surface area contributed by atoms with Crippen LogP contribution >= 0.6 is 54.5 Å². The number of aromatic nitrogens is 9. The smallest absolute Gasteiger partial charge is 0.309 e. The van der Waals surface area contributed by atoms with Crippen LogP contribution < -0.4 is 29.5 Å². The third-order valence-corrected chi connectivity index (χ3v) is 35.9. The molecule has 3 unspecified atom stereocenters. The van der Waals surface area contributed by atoms with E-state index in [1.54, 1.807) is 66.8 Å². The molecule has 3 amide bonds. The Bertz CT molecular complexity index is 7220. The van der Waals surface area contributed by atoms with Crippen molar-refractivity contribution in [2.24, 2.45) is 17.8 Å². The topological polar surface area (TPSA) is 286 Å². The monoisotopic (exact) mass is 2060 g/mol. The van der Waals surface area contributed by atoms with Crippen molar-refractivity contribution in [2.45, 2.75) is 109 Å². The maximum Gasteiger partial charge on any atom is 0.309 e. The number of hydrogen-bond acceptors (Lipinski definition) is 24. The van der Waals surface area contributed by atoms with Gasteiger partial charge in [0.1, 0.15) is 23.4 Å². The summed E-state index contributed by atoms with van der Waals surface area (Å²) in [6.07, 6.45) is 9.28. The summed E-state index contributed by atoms with van der Waals surface area (Å²) in [5.41, 5.74) is 8.44. The minimum absolute atomic E-state index is 0.00559. The number of esters is 3. The summed E-state index contributed by atoms with van der Waals surface area (Å²) in [6, 6.07) is 90.3. The van der Waals surface area contributed by atoms with E-state index in [1.807, 2.05) is 356 Å². The van der Waals surface area contributed by atoms with Gasteiger partial charge in [0.25, 0.3) is 17.7 Å². The van der Waals surface area contributed by atoms with Gasteiger partial charge in [-0.1, -0.05) is 183 Å². The molecule has 0 saturated heterocycles. The van der Waals surface area contributed by atoms with Gasteiger partial charge in [0.05, 0.1) is 97.4 Å². The van der Waals surface area contributed by atoms with Crippen molar-refractivity contribution >= 4 is 206 Å². The number of carbonyl (C=O) groups is 6. The van der Waals surface area contributed by atoms with Gasteiger partial charge < -0.3 is 43.7 Å². The van der Waals surface area contributed by atoms with Crippen molar-refractivity contribution in [3.8, 4) is 17.2 Å². The zero-order chi connectivity index (χ0) is 100. The number of nitrogens with one attached hydrogen (secondary N) is 3. The average molecular weight is 2060 g/mol. The lowest BCUT2D eigenvalue weighted by Gasteiger charge is -2.27. The number of rotatable bonds is 36. The first kappa shape index (κ1) is 103. The molecule has 10 aromatic carbocycles. The van der Waals surface area contributed by atoms with Crippen LogP contribution in [-0.2, 0) is 64.0 Å². The van der Waals surface area contributed by atoms with Gasteiger partial charge in [-0.2, -0.15) is 15.3 Å². The second-order valence-corrected chi connectivity index (χ2v) is 48.9. The molecule has 1 saturated carbocycles. The molecule has 0 aliphatic heterocycles. The Labute approximate surface area is 853 Å². The van der Waals surface area contributed by atoms with Crippen LogP contribution in [0.1, 0.15) is 127 Å². The summed E-state index contributed by atoms with van der Waals surface area (Å²) in [6.45, 7) is 12.8. The highest BCUT2D eigenvalue weighted by molar-refractivity contribution is 8.12. The number of amides is 3.